The molecule has 4 heteroatoms. The molecule has 0 aliphatic heterocycles. The maximum atomic E-state index is 11.4. The second kappa shape index (κ2) is 5.25. The van der Waals surface area contributed by atoms with Crippen LogP contribution in [0.2, 0.25) is 0 Å². The molecule has 2 heterocycles. The third-order valence-electron chi connectivity index (χ3n) is 3.38. The number of nitrogens with one attached hydrogen (secondary N) is 3. The number of aryl methyl sites for hydroxylation is 1. The van der Waals surface area contributed by atoms with Crippen molar-refractivity contribution in [2.24, 2.45) is 0 Å². The molecule has 0 amide bonds. The molecule has 0 aliphatic rings. The predicted molar refractivity (Wildman–Crippen MR) is 82.3 cm³/mol. The Morgan fingerprint density at radius 1 is 1.20 bits per heavy atom. The highest BCUT2D eigenvalue weighted by atomic mass is 16.1. The van der Waals surface area contributed by atoms with E-state index in [9.17, 15) is 4.79 Å². The maximum Gasteiger partial charge on any atom is 0.250 e. The number of hydrogen-bond donors (Lipinski definition) is 3. The lowest BCUT2D eigenvalue weighted by Gasteiger charge is -2.06. The summed E-state index contributed by atoms with van der Waals surface area (Å²) in [5.74, 6) is 0. The van der Waals surface area contributed by atoms with Crippen molar-refractivity contribution in [1.82, 2.24) is 9.97 Å². The van der Waals surface area contributed by atoms with Gasteiger partial charge in [0.25, 0.3) is 0 Å². The van der Waals surface area contributed by atoms with Crippen LogP contribution in [-0.2, 0) is 6.42 Å². The van der Waals surface area contributed by atoms with Crippen molar-refractivity contribution in [1.29, 1.82) is 0 Å². The third-order valence-corrected chi connectivity index (χ3v) is 3.38. The van der Waals surface area contributed by atoms with Crippen LogP contribution in [0.25, 0.3) is 10.9 Å². The number of rotatable bonds is 4. The number of aromatic nitrogens is 2. The Balaban J connectivity index is 1.69. The van der Waals surface area contributed by atoms with E-state index in [1.807, 2.05) is 25.1 Å². The number of para-hydroxylation sites is 1. The summed E-state index contributed by atoms with van der Waals surface area (Å²) in [5.41, 5.74) is 4.11. The molecule has 3 aromatic rings. The molecule has 3 N–H and O–H groups in total. The Kier molecular flexibility index (Phi) is 3.29. The van der Waals surface area contributed by atoms with Gasteiger partial charge in [-0.1, -0.05) is 18.2 Å². The Labute approximate surface area is 116 Å². The van der Waals surface area contributed by atoms with Crippen molar-refractivity contribution in [2.45, 2.75) is 13.3 Å². The molecule has 1 aromatic carbocycles. The molecule has 20 heavy (non-hydrogen) atoms. The van der Waals surface area contributed by atoms with E-state index in [4.69, 9.17) is 0 Å². The first-order valence-electron chi connectivity index (χ1n) is 6.72. The van der Waals surface area contributed by atoms with Gasteiger partial charge in [-0.15, -0.1) is 0 Å². The fraction of sp³-hybridized carbons (Fsp3) is 0.188. The first-order chi connectivity index (χ1) is 9.72. The van der Waals surface area contributed by atoms with Gasteiger partial charge in [-0.2, -0.15) is 0 Å². The van der Waals surface area contributed by atoms with Gasteiger partial charge in [0.15, 0.2) is 0 Å². The van der Waals surface area contributed by atoms with E-state index in [1.54, 1.807) is 6.07 Å². The summed E-state index contributed by atoms with van der Waals surface area (Å²) in [6.07, 6.45) is 2.96. The lowest BCUT2D eigenvalue weighted by Crippen LogP contribution is -2.10. The highest BCUT2D eigenvalue weighted by Crippen LogP contribution is 2.18. The van der Waals surface area contributed by atoms with Gasteiger partial charge in [-0.25, -0.2) is 0 Å². The Hall–Kier alpha value is -2.49. The fourth-order valence-corrected chi connectivity index (χ4v) is 2.46. The van der Waals surface area contributed by atoms with Gasteiger partial charge in [0.1, 0.15) is 0 Å². The monoisotopic (exact) mass is 267 g/mol. The highest BCUT2D eigenvalue weighted by molar-refractivity contribution is 5.83. The third kappa shape index (κ3) is 2.59. The van der Waals surface area contributed by atoms with Gasteiger partial charge in [0, 0.05) is 41.1 Å². The molecule has 0 radical (unpaired) electrons. The maximum absolute atomic E-state index is 11.4. The van der Waals surface area contributed by atoms with Crippen LogP contribution >= 0.6 is 0 Å². The molecule has 102 valence electrons. The molecule has 4 nitrogen and oxygen atoms in total. The number of aromatic amines is 2. The Morgan fingerprint density at radius 2 is 2.05 bits per heavy atom. The number of benzene rings is 1. The summed E-state index contributed by atoms with van der Waals surface area (Å²) < 4.78 is 0. The Morgan fingerprint density at radius 3 is 2.90 bits per heavy atom. The number of fused-ring (bicyclic) bond motifs is 1. The SMILES string of the molecule is Cc1cc(NCCc2c[nH]c3ccccc23)cc(=O)[nH]1. The van der Waals surface area contributed by atoms with E-state index < -0.39 is 0 Å². The first-order valence-corrected chi connectivity index (χ1v) is 6.72. The van der Waals surface area contributed by atoms with Crippen molar-refractivity contribution in [2.75, 3.05) is 11.9 Å². The van der Waals surface area contributed by atoms with Gasteiger partial charge in [0.05, 0.1) is 0 Å². The quantitative estimate of drug-likeness (QED) is 0.680. The van der Waals surface area contributed by atoms with E-state index in [-0.39, 0.29) is 5.56 Å². The number of pyridine rings is 1. The van der Waals surface area contributed by atoms with E-state index in [0.717, 1.165) is 29.9 Å². The van der Waals surface area contributed by atoms with Crippen LogP contribution in [0.3, 0.4) is 0 Å². The second-order valence-corrected chi connectivity index (χ2v) is 4.95. The van der Waals surface area contributed by atoms with Gasteiger partial charge < -0.3 is 15.3 Å². The molecule has 0 fully saturated rings. The van der Waals surface area contributed by atoms with E-state index in [2.05, 4.69) is 33.6 Å². The van der Waals surface area contributed by atoms with E-state index in [1.165, 1.54) is 10.9 Å². The van der Waals surface area contributed by atoms with Crippen molar-refractivity contribution in [3.63, 3.8) is 0 Å². The topological polar surface area (TPSA) is 60.7 Å². The van der Waals surface area contributed by atoms with Gasteiger partial charge in [0.2, 0.25) is 5.56 Å². The molecule has 0 unspecified atom stereocenters. The van der Waals surface area contributed by atoms with E-state index >= 15 is 0 Å². The highest BCUT2D eigenvalue weighted by Gasteiger charge is 2.02. The summed E-state index contributed by atoms with van der Waals surface area (Å²) in [6.45, 7) is 2.68. The lowest BCUT2D eigenvalue weighted by atomic mass is 10.1. The average molecular weight is 267 g/mol. The zero-order valence-corrected chi connectivity index (χ0v) is 11.4. The van der Waals surface area contributed by atoms with Crippen molar-refractivity contribution in [3.05, 3.63) is 64.2 Å². The summed E-state index contributed by atoms with van der Waals surface area (Å²) in [7, 11) is 0. The van der Waals surface area contributed by atoms with Crippen LogP contribution in [0.5, 0.6) is 0 Å². The molecular formula is C16H17N3O. The van der Waals surface area contributed by atoms with Crippen molar-refractivity contribution >= 4 is 16.6 Å². The smallest absolute Gasteiger partial charge is 0.250 e. The molecule has 0 saturated heterocycles. The molecular weight excluding hydrogens is 250 g/mol. The molecule has 2 aromatic heterocycles. The molecule has 3 rings (SSSR count). The van der Waals surface area contributed by atoms with Gasteiger partial charge in [-0.05, 0) is 31.0 Å². The van der Waals surface area contributed by atoms with Crippen LogP contribution in [0.4, 0.5) is 5.69 Å². The summed E-state index contributed by atoms with van der Waals surface area (Å²) in [4.78, 5) is 17.4. The van der Waals surface area contributed by atoms with Crippen LogP contribution in [0.15, 0.2) is 47.4 Å². The molecule has 0 aliphatic carbocycles. The summed E-state index contributed by atoms with van der Waals surface area (Å²) in [6, 6.07) is 11.8. The predicted octanol–water partition coefficient (Wildman–Crippen LogP) is 2.82. The van der Waals surface area contributed by atoms with Gasteiger partial charge in [-0.3, -0.25) is 4.79 Å². The number of anilines is 1. The first kappa shape index (κ1) is 12.5. The fourth-order valence-electron chi connectivity index (χ4n) is 2.46. The molecule has 0 atom stereocenters. The minimum atomic E-state index is -0.0698. The Bertz CT molecular complexity index is 786. The second-order valence-electron chi connectivity index (χ2n) is 4.95. The largest absolute Gasteiger partial charge is 0.384 e. The van der Waals surface area contributed by atoms with Crippen LogP contribution < -0.4 is 10.9 Å². The molecule has 0 saturated carbocycles. The number of hydrogen-bond acceptors (Lipinski definition) is 2. The average Bonchev–Trinajstić information content (AvgIpc) is 2.81. The van der Waals surface area contributed by atoms with Crippen molar-refractivity contribution in [3.8, 4) is 0 Å². The van der Waals surface area contributed by atoms with E-state index in [0.29, 0.717) is 0 Å². The van der Waals surface area contributed by atoms with Crippen molar-refractivity contribution < 1.29 is 0 Å². The minimum absolute atomic E-state index is 0.0698. The van der Waals surface area contributed by atoms with Crippen LogP contribution in [-0.4, -0.2) is 16.5 Å². The normalized spacial score (nSPS) is 10.8. The summed E-state index contributed by atoms with van der Waals surface area (Å²) in [5, 5.41) is 4.56. The zero-order valence-electron chi connectivity index (χ0n) is 11.4. The lowest BCUT2D eigenvalue weighted by molar-refractivity contribution is 1.02. The molecule has 0 bridgehead atoms. The standard InChI is InChI=1S/C16H17N3O/c1-11-8-13(9-16(20)19-11)17-7-6-12-10-18-15-5-3-2-4-14(12)15/h2-5,8-10,18H,6-7H2,1H3,(H2,17,19,20). The zero-order chi connectivity index (χ0) is 13.9. The summed E-state index contributed by atoms with van der Waals surface area (Å²) >= 11 is 0. The van der Waals surface area contributed by atoms with Crippen LogP contribution in [0, 0.1) is 6.92 Å². The molecule has 0 spiro atoms. The van der Waals surface area contributed by atoms with Crippen LogP contribution in [0.1, 0.15) is 11.3 Å². The minimum Gasteiger partial charge on any atom is -0.384 e. The number of H-pyrrole nitrogens is 2. The van der Waals surface area contributed by atoms with Gasteiger partial charge >= 0.3 is 0 Å².